The molecule has 1 aromatic rings. The number of benzene rings is 1. The van der Waals surface area contributed by atoms with Crippen LogP contribution in [0.5, 0.6) is 0 Å². The van der Waals surface area contributed by atoms with Crippen molar-refractivity contribution in [2.24, 2.45) is 0 Å². The van der Waals surface area contributed by atoms with Gasteiger partial charge in [-0.3, -0.25) is 0 Å². The van der Waals surface area contributed by atoms with Gasteiger partial charge in [0.15, 0.2) is 0 Å². The van der Waals surface area contributed by atoms with E-state index in [4.69, 9.17) is 21.1 Å². The molecule has 23 heavy (non-hydrogen) atoms. The first-order valence-corrected chi connectivity index (χ1v) is 7.97. The fourth-order valence-corrected chi connectivity index (χ4v) is 2.71. The van der Waals surface area contributed by atoms with Crippen LogP contribution in [0.4, 0.5) is 9.59 Å². The van der Waals surface area contributed by atoms with Crippen LogP contribution in [0.1, 0.15) is 24.8 Å². The summed E-state index contributed by atoms with van der Waals surface area (Å²) in [5, 5.41) is 3.37. The standard InChI is InChI=1S/C16H21ClN2O4/c1-22-16(21)19-9-5-4-7-13(10-19)18-15(20)23-11-12-6-2-3-8-14(12)17/h2-3,6,8,13H,4-5,7,9-11H2,1H3,(H,18,20)/t13-/m1/s1. The number of carbonyl (C=O) groups is 2. The molecule has 1 aliphatic rings. The lowest BCUT2D eigenvalue weighted by Crippen LogP contribution is -2.44. The van der Waals surface area contributed by atoms with Gasteiger partial charge in [-0.2, -0.15) is 0 Å². The number of nitrogens with one attached hydrogen (secondary N) is 1. The van der Waals surface area contributed by atoms with Crippen molar-refractivity contribution in [3.63, 3.8) is 0 Å². The molecule has 2 rings (SSSR count). The molecule has 0 spiro atoms. The van der Waals surface area contributed by atoms with Crippen LogP contribution in [0.15, 0.2) is 24.3 Å². The van der Waals surface area contributed by atoms with E-state index in [1.54, 1.807) is 17.0 Å². The number of hydrogen-bond donors (Lipinski definition) is 1. The van der Waals surface area contributed by atoms with Gasteiger partial charge in [-0.25, -0.2) is 9.59 Å². The number of carbonyl (C=O) groups excluding carboxylic acids is 2. The molecule has 7 heteroatoms. The highest BCUT2D eigenvalue weighted by Crippen LogP contribution is 2.16. The molecule has 0 bridgehead atoms. The summed E-state index contributed by atoms with van der Waals surface area (Å²) in [6, 6.07) is 7.06. The maximum atomic E-state index is 11.9. The summed E-state index contributed by atoms with van der Waals surface area (Å²) in [6.07, 6.45) is 1.74. The summed E-state index contributed by atoms with van der Waals surface area (Å²) in [7, 11) is 1.35. The predicted molar refractivity (Wildman–Crippen MR) is 86.4 cm³/mol. The minimum atomic E-state index is -0.512. The molecule has 1 atom stereocenters. The molecule has 1 N–H and O–H groups in total. The minimum absolute atomic E-state index is 0.110. The highest BCUT2D eigenvalue weighted by Gasteiger charge is 2.24. The Hall–Kier alpha value is -1.95. The Balaban J connectivity index is 1.84. The van der Waals surface area contributed by atoms with Crippen molar-refractivity contribution < 1.29 is 19.1 Å². The van der Waals surface area contributed by atoms with Gasteiger partial charge in [0.25, 0.3) is 0 Å². The quantitative estimate of drug-likeness (QED) is 0.917. The molecule has 1 aromatic carbocycles. The molecule has 0 saturated carbocycles. The molecule has 0 aliphatic carbocycles. The third-order valence-corrected chi connectivity index (χ3v) is 4.11. The Morgan fingerprint density at radius 3 is 2.87 bits per heavy atom. The van der Waals surface area contributed by atoms with Gasteiger partial charge in [0.1, 0.15) is 6.61 Å². The topological polar surface area (TPSA) is 67.9 Å². The van der Waals surface area contributed by atoms with Crippen molar-refractivity contribution in [1.82, 2.24) is 10.2 Å². The van der Waals surface area contributed by atoms with E-state index in [9.17, 15) is 9.59 Å². The van der Waals surface area contributed by atoms with Crippen molar-refractivity contribution in [3.05, 3.63) is 34.9 Å². The predicted octanol–water partition coefficient (Wildman–Crippen LogP) is 3.19. The molecular weight excluding hydrogens is 320 g/mol. The van der Waals surface area contributed by atoms with Crippen molar-refractivity contribution in [2.45, 2.75) is 31.9 Å². The zero-order valence-electron chi connectivity index (χ0n) is 13.1. The third kappa shape index (κ3) is 5.32. The van der Waals surface area contributed by atoms with E-state index >= 15 is 0 Å². The maximum absolute atomic E-state index is 11.9. The number of halogens is 1. The lowest BCUT2D eigenvalue weighted by molar-refractivity contribution is 0.115. The largest absolute Gasteiger partial charge is 0.453 e. The molecule has 1 aliphatic heterocycles. The second-order valence-electron chi connectivity index (χ2n) is 5.42. The van der Waals surface area contributed by atoms with Gasteiger partial charge in [-0.1, -0.05) is 29.8 Å². The Morgan fingerprint density at radius 2 is 2.13 bits per heavy atom. The van der Waals surface area contributed by atoms with Gasteiger partial charge < -0.3 is 19.7 Å². The van der Waals surface area contributed by atoms with Gasteiger partial charge in [0.2, 0.25) is 0 Å². The van der Waals surface area contributed by atoms with Gasteiger partial charge in [-0.15, -0.1) is 0 Å². The van der Waals surface area contributed by atoms with Crippen LogP contribution >= 0.6 is 11.6 Å². The first-order valence-electron chi connectivity index (χ1n) is 7.59. The molecule has 0 unspecified atom stereocenters. The highest BCUT2D eigenvalue weighted by molar-refractivity contribution is 6.31. The van der Waals surface area contributed by atoms with Crippen LogP contribution in [0.3, 0.4) is 0 Å². The summed E-state index contributed by atoms with van der Waals surface area (Å²) >= 11 is 6.02. The Bertz CT molecular complexity index is 553. The minimum Gasteiger partial charge on any atom is -0.453 e. The Morgan fingerprint density at radius 1 is 1.35 bits per heavy atom. The Labute approximate surface area is 140 Å². The molecular formula is C16H21ClN2O4. The number of likely N-dealkylation sites (tertiary alicyclic amines) is 1. The zero-order chi connectivity index (χ0) is 16.7. The Kier molecular flexibility index (Phi) is 6.52. The maximum Gasteiger partial charge on any atom is 0.409 e. The molecule has 1 fully saturated rings. The van der Waals surface area contributed by atoms with Crippen molar-refractivity contribution in [3.8, 4) is 0 Å². The summed E-state index contributed by atoms with van der Waals surface area (Å²) in [5.41, 5.74) is 0.751. The number of hydrogen-bond acceptors (Lipinski definition) is 4. The monoisotopic (exact) mass is 340 g/mol. The van der Waals surface area contributed by atoms with Gasteiger partial charge in [0, 0.05) is 29.7 Å². The first-order chi connectivity index (χ1) is 11.1. The van der Waals surface area contributed by atoms with Crippen LogP contribution in [-0.4, -0.2) is 43.3 Å². The van der Waals surface area contributed by atoms with Crippen LogP contribution in [-0.2, 0) is 16.1 Å². The molecule has 2 amide bonds. The summed E-state index contributed by atoms with van der Waals surface area (Å²) in [5.74, 6) is 0. The van der Waals surface area contributed by atoms with Gasteiger partial charge >= 0.3 is 12.2 Å². The fourth-order valence-electron chi connectivity index (χ4n) is 2.52. The van der Waals surface area contributed by atoms with Crippen LogP contribution in [0.25, 0.3) is 0 Å². The average Bonchev–Trinajstić information content (AvgIpc) is 2.79. The average molecular weight is 341 g/mol. The number of methoxy groups -OCH3 is 1. The zero-order valence-corrected chi connectivity index (χ0v) is 13.8. The third-order valence-electron chi connectivity index (χ3n) is 3.74. The van der Waals surface area contributed by atoms with Crippen LogP contribution in [0, 0.1) is 0 Å². The lowest BCUT2D eigenvalue weighted by atomic mass is 10.1. The summed E-state index contributed by atoms with van der Waals surface area (Å²) in [4.78, 5) is 25.2. The molecule has 1 saturated heterocycles. The normalized spacial score (nSPS) is 18.0. The summed E-state index contributed by atoms with van der Waals surface area (Å²) in [6.45, 7) is 1.17. The number of rotatable bonds is 3. The van der Waals surface area contributed by atoms with E-state index in [0.717, 1.165) is 24.8 Å². The van der Waals surface area contributed by atoms with E-state index < -0.39 is 6.09 Å². The number of nitrogens with zero attached hydrogens (tertiary/aromatic N) is 1. The SMILES string of the molecule is COC(=O)N1CCCC[C@@H](NC(=O)OCc2ccccc2Cl)C1. The molecule has 6 nitrogen and oxygen atoms in total. The van der Waals surface area contributed by atoms with E-state index in [1.807, 2.05) is 12.1 Å². The van der Waals surface area contributed by atoms with Crippen molar-refractivity contribution >= 4 is 23.8 Å². The van der Waals surface area contributed by atoms with Crippen molar-refractivity contribution in [1.29, 1.82) is 0 Å². The van der Waals surface area contributed by atoms with E-state index in [0.29, 0.717) is 18.1 Å². The first kappa shape index (κ1) is 17.4. The lowest BCUT2D eigenvalue weighted by Gasteiger charge is -2.23. The second-order valence-corrected chi connectivity index (χ2v) is 5.83. The van der Waals surface area contributed by atoms with E-state index in [2.05, 4.69) is 5.32 Å². The fraction of sp³-hybridized carbons (Fsp3) is 0.500. The molecule has 126 valence electrons. The van der Waals surface area contributed by atoms with Crippen molar-refractivity contribution in [2.75, 3.05) is 20.2 Å². The smallest absolute Gasteiger partial charge is 0.409 e. The molecule has 0 aromatic heterocycles. The number of alkyl carbamates (subject to hydrolysis) is 1. The van der Waals surface area contributed by atoms with E-state index in [-0.39, 0.29) is 18.7 Å². The van der Waals surface area contributed by atoms with E-state index in [1.165, 1.54) is 7.11 Å². The number of amides is 2. The highest BCUT2D eigenvalue weighted by atomic mass is 35.5. The molecule has 0 radical (unpaired) electrons. The summed E-state index contributed by atoms with van der Waals surface area (Å²) < 4.78 is 9.95. The second kappa shape index (κ2) is 8.62. The van der Waals surface area contributed by atoms with Crippen LogP contribution in [0.2, 0.25) is 5.02 Å². The number of ether oxygens (including phenoxy) is 2. The van der Waals surface area contributed by atoms with Gasteiger partial charge in [-0.05, 0) is 25.3 Å². The molecule has 1 heterocycles. The van der Waals surface area contributed by atoms with Gasteiger partial charge in [0.05, 0.1) is 7.11 Å². The van der Waals surface area contributed by atoms with Crippen LogP contribution < -0.4 is 5.32 Å².